The second kappa shape index (κ2) is 7.37. The Morgan fingerprint density at radius 1 is 1.23 bits per heavy atom. The smallest absolute Gasteiger partial charge is 0.253 e. The van der Waals surface area contributed by atoms with Crippen LogP contribution in [0.1, 0.15) is 36.5 Å². The minimum absolute atomic E-state index is 0.0367. The molecule has 1 aliphatic heterocycles. The van der Waals surface area contributed by atoms with Crippen LogP contribution in [-0.4, -0.2) is 31.9 Å². The molecule has 1 amide bonds. The lowest BCUT2D eigenvalue weighted by Gasteiger charge is -2.19. The first kappa shape index (κ1) is 16.9. The standard InChI is InChI=1S/C19H23N5O2/c25-18-10-16(11-21-19(26)14-5-6-14)22-17-13-23(8-3-9-24(17)18)12-15-4-1-2-7-20-15/h1-2,4,7,10,14H,3,5-6,8-9,11-13H2,(H,21,26). The fourth-order valence-corrected chi connectivity index (χ4v) is 3.31. The third-order valence-corrected chi connectivity index (χ3v) is 4.87. The molecule has 26 heavy (non-hydrogen) atoms. The molecule has 0 bridgehead atoms. The number of fused-ring (bicyclic) bond motifs is 1. The van der Waals surface area contributed by atoms with Gasteiger partial charge in [-0.3, -0.25) is 24.0 Å². The third kappa shape index (κ3) is 3.99. The summed E-state index contributed by atoms with van der Waals surface area (Å²) in [6.45, 7) is 3.23. The summed E-state index contributed by atoms with van der Waals surface area (Å²) in [6, 6.07) is 7.45. The van der Waals surface area contributed by atoms with Gasteiger partial charge >= 0.3 is 0 Å². The quantitative estimate of drug-likeness (QED) is 0.870. The highest BCUT2D eigenvalue weighted by Gasteiger charge is 2.29. The van der Waals surface area contributed by atoms with Gasteiger partial charge in [-0.2, -0.15) is 0 Å². The molecule has 136 valence electrons. The van der Waals surface area contributed by atoms with Crippen molar-refractivity contribution in [3.05, 3.63) is 58.0 Å². The number of carbonyl (C=O) groups is 1. The maximum atomic E-state index is 12.5. The highest BCUT2D eigenvalue weighted by Crippen LogP contribution is 2.28. The molecule has 1 aliphatic carbocycles. The number of pyridine rings is 1. The molecule has 2 aromatic rings. The van der Waals surface area contributed by atoms with Gasteiger partial charge in [0.1, 0.15) is 5.82 Å². The van der Waals surface area contributed by atoms with Crippen LogP contribution in [0.4, 0.5) is 0 Å². The van der Waals surface area contributed by atoms with Gasteiger partial charge in [-0.25, -0.2) is 4.98 Å². The number of rotatable bonds is 5. The van der Waals surface area contributed by atoms with E-state index >= 15 is 0 Å². The average molecular weight is 353 g/mol. The van der Waals surface area contributed by atoms with Crippen LogP contribution in [0.15, 0.2) is 35.3 Å². The molecule has 2 aromatic heterocycles. The molecular weight excluding hydrogens is 330 g/mol. The van der Waals surface area contributed by atoms with Gasteiger partial charge in [-0.1, -0.05) is 6.07 Å². The first-order chi connectivity index (χ1) is 12.7. The lowest BCUT2D eigenvalue weighted by Crippen LogP contribution is -2.30. The van der Waals surface area contributed by atoms with Gasteiger partial charge in [0.25, 0.3) is 5.56 Å². The Labute approximate surface area is 152 Å². The Bertz CT molecular complexity index is 845. The summed E-state index contributed by atoms with van der Waals surface area (Å²) in [7, 11) is 0. The molecule has 0 aromatic carbocycles. The largest absolute Gasteiger partial charge is 0.350 e. The zero-order valence-corrected chi connectivity index (χ0v) is 14.7. The van der Waals surface area contributed by atoms with Crippen molar-refractivity contribution in [2.75, 3.05) is 6.54 Å². The molecule has 4 rings (SSSR count). The second-order valence-electron chi connectivity index (χ2n) is 7.03. The number of aromatic nitrogens is 3. The molecule has 7 nitrogen and oxygen atoms in total. The zero-order valence-electron chi connectivity index (χ0n) is 14.7. The summed E-state index contributed by atoms with van der Waals surface area (Å²) in [6.07, 6.45) is 4.63. The van der Waals surface area contributed by atoms with E-state index in [-0.39, 0.29) is 17.4 Å². The maximum Gasteiger partial charge on any atom is 0.253 e. The average Bonchev–Trinajstić information content (AvgIpc) is 3.48. The Balaban J connectivity index is 1.49. The molecule has 1 fully saturated rings. The van der Waals surface area contributed by atoms with E-state index < -0.39 is 0 Å². The number of hydrogen-bond acceptors (Lipinski definition) is 5. The Hall–Kier alpha value is -2.54. The SMILES string of the molecule is O=C(NCc1cc(=O)n2c(n1)CN(Cc1ccccn1)CCC2)C1CC1. The minimum Gasteiger partial charge on any atom is -0.350 e. The van der Waals surface area contributed by atoms with Crippen molar-refractivity contribution in [2.24, 2.45) is 5.92 Å². The van der Waals surface area contributed by atoms with Crippen LogP contribution in [-0.2, 0) is 31.0 Å². The van der Waals surface area contributed by atoms with E-state index in [4.69, 9.17) is 0 Å². The first-order valence-corrected chi connectivity index (χ1v) is 9.18. The summed E-state index contributed by atoms with van der Waals surface area (Å²) in [5, 5.41) is 2.89. The molecule has 0 atom stereocenters. The lowest BCUT2D eigenvalue weighted by molar-refractivity contribution is -0.122. The normalized spacial score (nSPS) is 17.4. The molecule has 2 aliphatic rings. The van der Waals surface area contributed by atoms with Crippen molar-refractivity contribution in [2.45, 2.75) is 45.4 Å². The molecule has 1 saturated carbocycles. The predicted molar refractivity (Wildman–Crippen MR) is 96.0 cm³/mol. The number of nitrogens with one attached hydrogen (secondary N) is 1. The molecule has 1 N–H and O–H groups in total. The molecule has 0 unspecified atom stereocenters. The van der Waals surface area contributed by atoms with Crippen molar-refractivity contribution >= 4 is 5.91 Å². The number of amides is 1. The van der Waals surface area contributed by atoms with E-state index in [0.29, 0.717) is 25.3 Å². The zero-order chi connectivity index (χ0) is 17.9. The van der Waals surface area contributed by atoms with Crippen LogP contribution >= 0.6 is 0 Å². The van der Waals surface area contributed by atoms with E-state index in [2.05, 4.69) is 20.2 Å². The highest BCUT2D eigenvalue weighted by atomic mass is 16.2. The molecule has 0 radical (unpaired) electrons. The monoisotopic (exact) mass is 353 g/mol. The lowest BCUT2D eigenvalue weighted by atomic mass is 10.3. The van der Waals surface area contributed by atoms with Gasteiger partial charge in [0.15, 0.2) is 0 Å². The highest BCUT2D eigenvalue weighted by molar-refractivity contribution is 5.80. The summed E-state index contributed by atoms with van der Waals surface area (Å²) in [5.41, 5.74) is 1.61. The van der Waals surface area contributed by atoms with Gasteiger partial charge < -0.3 is 5.32 Å². The van der Waals surface area contributed by atoms with E-state index in [9.17, 15) is 9.59 Å². The predicted octanol–water partition coefficient (Wildman–Crippen LogP) is 1.07. The van der Waals surface area contributed by atoms with E-state index in [1.807, 2.05) is 18.2 Å². The van der Waals surface area contributed by atoms with Gasteiger partial charge in [-0.05, 0) is 31.4 Å². The minimum atomic E-state index is -0.0367. The molecule has 3 heterocycles. The van der Waals surface area contributed by atoms with Crippen LogP contribution in [0.3, 0.4) is 0 Å². The van der Waals surface area contributed by atoms with Crippen LogP contribution in [0.25, 0.3) is 0 Å². The number of nitrogens with zero attached hydrogens (tertiary/aromatic N) is 4. The molecular formula is C19H23N5O2. The Morgan fingerprint density at radius 3 is 2.88 bits per heavy atom. The van der Waals surface area contributed by atoms with Crippen molar-refractivity contribution in [1.29, 1.82) is 0 Å². The fourth-order valence-electron chi connectivity index (χ4n) is 3.31. The number of hydrogen-bond donors (Lipinski definition) is 1. The van der Waals surface area contributed by atoms with Crippen molar-refractivity contribution in [1.82, 2.24) is 24.8 Å². The maximum absolute atomic E-state index is 12.5. The van der Waals surface area contributed by atoms with E-state index in [1.54, 1.807) is 16.8 Å². The van der Waals surface area contributed by atoms with E-state index in [0.717, 1.165) is 43.9 Å². The topological polar surface area (TPSA) is 80.1 Å². The van der Waals surface area contributed by atoms with Gasteiger partial charge in [0, 0.05) is 37.8 Å². The first-order valence-electron chi connectivity index (χ1n) is 9.18. The van der Waals surface area contributed by atoms with Crippen molar-refractivity contribution in [3.63, 3.8) is 0 Å². The van der Waals surface area contributed by atoms with Crippen molar-refractivity contribution < 1.29 is 4.79 Å². The summed E-state index contributed by atoms with van der Waals surface area (Å²) >= 11 is 0. The summed E-state index contributed by atoms with van der Waals surface area (Å²) in [5.74, 6) is 0.992. The summed E-state index contributed by atoms with van der Waals surface area (Å²) < 4.78 is 1.75. The van der Waals surface area contributed by atoms with Crippen LogP contribution in [0.5, 0.6) is 0 Å². The summed E-state index contributed by atoms with van der Waals surface area (Å²) in [4.78, 5) is 35.6. The van der Waals surface area contributed by atoms with E-state index in [1.165, 1.54) is 0 Å². The Morgan fingerprint density at radius 2 is 2.12 bits per heavy atom. The van der Waals surface area contributed by atoms with Gasteiger partial charge in [0.05, 0.1) is 24.5 Å². The molecule has 0 spiro atoms. The Kier molecular flexibility index (Phi) is 4.79. The third-order valence-electron chi connectivity index (χ3n) is 4.87. The van der Waals surface area contributed by atoms with Crippen LogP contribution < -0.4 is 10.9 Å². The van der Waals surface area contributed by atoms with Crippen LogP contribution in [0, 0.1) is 5.92 Å². The molecule has 7 heteroatoms. The number of carbonyl (C=O) groups excluding carboxylic acids is 1. The van der Waals surface area contributed by atoms with Crippen LogP contribution in [0.2, 0.25) is 0 Å². The fraction of sp³-hybridized carbons (Fsp3) is 0.474. The second-order valence-corrected chi connectivity index (χ2v) is 7.03. The van der Waals surface area contributed by atoms with Gasteiger partial charge in [-0.15, -0.1) is 0 Å². The molecule has 0 saturated heterocycles. The van der Waals surface area contributed by atoms with Gasteiger partial charge in [0.2, 0.25) is 5.91 Å². The van der Waals surface area contributed by atoms with Crippen molar-refractivity contribution in [3.8, 4) is 0 Å².